The second-order valence-corrected chi connectivity index (χ2v) is 4.44. The normalized spacial score (nSPS) is 10.7. The molecule has 2 aromatic rings. The van der Waals surface area contributed by atoms with E-state index in [0.717, 1.165) is 6.42 Å². The minimum atomic E-state index is 0.950. The van der Waals surface area contributed by atoms with Gasteiger partial charge in [-0.1, -0.05) is 78.9 Å². The molecular formula is C18H18. The first kappa shape index (κ1) is 12.4. The molecule has 18 heavy (non-hydrogen) atoms. The van der Waals surface area contributed by atoms with Gasteiger partial charge in [0.25, 0.3) is 0 Å². The topological polar surface area (TPSA) is 0 Å². The maximum atomic E-state index is 3.68. The third kappa shape index (κ3) is 3.21. The fraction of sp³-hybridized carbons (Fsp3) is 0.111. The van der Waals surface area contributed by atoms with E-state index in [2.05, 4.69) is 68.1 Å². The van der Waals surface area contributed by atoms with E-state index >= 15 is 0 Å². The Balaban J connectivity index is 2.26. The maximum absolute atomic E-state index is 3.68. The number of allylic oxidation sites excluding steroid dienone is 3. The zero-order valence-corrected chi connectivity index (χ0v) is 10.8. The quantitative estimate of drug-likeness (QED) is 0.657. The Morgan fingerprint density at radius 3 is 2.44 bits per heavy atom. The van der Waals surface area contributed by atoms with Crippen molar-refractivity contribution in [3.05, 3.63) is 84.5 Å². The van der Waals surface area contributed by atoms with Gasteiger partial charge in [-0.15, -0.1) is 0 Å². The van der Waals surface area contributed by atoms with Crippen LogP contribution in [-0.4, -0.2) is 0 Å². The van der Waals surface area contributed by atoms with Gasteiger partial charge in [-0.3, -0.25) is 0 Å². The SMILES string of the molecule is C=C/C=C\Cc1cccc(-c2cccc(C)c2)c1. The van der Waals surface area contributed by atoms with Gasteiger partial charge in [0.2, 0.25) is 0 Å². The van der Waals surface area contributed by atoms with Crippen molar-refractivity contribution < 1.29 is 0 Å². The van der Waals surface area contributed by atoms with Gasteiger partial charge in [-0.2, -0.15) is 0 Å². The predicted octanol–water partition coefficient (Wildman–Crippen LogP) is 4.95. The van der Waals surface area contributed by atoms with Gasteiger partial charge in [0.15, 0.2) is 0 Å². The number of hydrogen-bond donors (Lipinski definition) is 0. The van der Waals surface area contributed by atoms with Crippen molar-refractivity contribution in [2.24, 2.45) is 0 Å². The number of benzene rings is 2. The van der Waals surface area contributed by atoms with E-state index in [1.165, 1.54) is 22.3 Å². The monoisotopic (exact) mass is 234 g/mol. The third-order valence-corrected chi connectivity index (χ3v) is 2.90. The Morgan fingerprint density at radius 2 is 1.72 bits per heavy atom. The molecule has 0 aliphatic heterocycles. The fourth-order valence-electron chi connectivity index (χ4n) is 2.00. The summed E-state index contributed by atoms with van der Waals surface area (Å²) in [6.07, 6.45) is 6.87. The van der Waals surface area contributed by atoms with E-state index in [0.29, 0.717) is 0 Å². The average Bonchev–Trinajstić information content (AvgIpc) is 2.39. The van der Waals surface area contributed by atoms with Crippen LogP contribution in [-0.2, 0) is 6.42 Å². The molecule has 0 radical (unpaired) electrons. The van der Waals surface area contributed by atoms with E-state index in [-0.39, 0.29) is 0 Å². The Kier molecular flexibility index (Phi) is 4.14. The zero-order chi connectivity index (χ0) is 12.8. The van der Waals surface area contributed by atoms with E-state index in [4.69, 9.17) is 0 Å². The van der Waals surface area contributed by atoms with Gasteiger partial charge >= 0.3 is 0 Å². The lowest BCUT2D eigenvalue weighted by molar-refractivity contribution is 1.27. The van der Waals surface area contributed by atoms with Gasteiger partial charge in [-0.05, 0) is 30.0 Å². The zero-order valence-electron chi connectivity index (χ0n) is 10.8. The molecule has 0 fully saturated rings. The summed E-state index contributed by atoms with van der Waals surface area (Å²) in [5.41, 5.74) is 5.18. The van der Waals surface area contributed by atoms with Crippen molar-refractivity contribution in [3.63, 3.8) is 0 Å². The van der Waals surface area contributed by atoms with E-state index in [9.17, 15) is 0 Å². The highest BCUT2D eigenvalue weighted by Gasteiger charge is 1.98. The molecule has 0 nitrogen and oxygen atoms in total. The first-order chi connectivity index (χ1) is 8.79. The summed E-state index contributed by atoms with van der Waals surface area (Å²) in [6.45, 7) is 5.81. The summed E-state index contributed by atoms with van der Waals surface area (Å²) in [5.74, 6) is 0. The van der Waals surface area contributed by atoms with Crippen LogP contribution in [0.1, 0.15) is 11.1 Å². The smallest absolute Gasteiger partial charge is 0.00941 e. The Hall–Kier alpha value is -2.08. The highest BCUT2D eigenvalue weighted by atomic mass is 14.0. The van der Waals surface area contributed by atoms with E-state index in [1.807, 2.05) is 12.2 Å². The standard InChI is InChI=1S/C18H18/c1-3-4-5-9-16-10-7-12-18(14-16)17-11-6-8-15(2)13-17/h3-8,10-14H,1,9H2,2H3/b5-4-. The average molecular weight is 234 g/mol. The molecule has 0 bridgehead atoms. The van der Waals surface area contributed by atoms with E-state index < -0.39 is 0 Å². The van der Waals surface area contributed by atoms with Crippen LogP contribution in [0.4, 0.5) is 0 Å². The van der Waals surface area contributed by atoms with Crippen LogP contribution in [0.25, 0.3) is 11.1 Å². The number of hydrogen-bond acceptors (Lipinski definition) is 0. The summed E-state index contributed by atoms with van der Waals surface area (Å²) in [5, 5.41) is 0. The molecule has 0 saturated carbocycles. The summed E-state index contributed by atoms with van der Waals surface area (Å²) in [6, 6.07) is 17.3. The lowest BCUT2D eigenvalue weighted by atomic mass is 10.0. The number of aryl methyl sites for hydroxylation is 1. The molecule has 0 heterocycles. The first-order valence-corrected chi connectivity index (χ1v) is 6.23. The molecule has 0 spiro atoms. The summed E-state index contributed by atoms with van der Waals surface area (Å²) in [4.78, 5) is 0. The van der Waals surface area contributed by atoms with Gasteiger partial charge in [0, 0.05) is 0 Å². The molecule has 90 valence electrons. The molecule has 0 aromatic heterocycles. The second-order valence-electron chi connectivity index (χ2n) is 4.44. The van der Waals surface area contributed by atoms with Crippen LogP contribution < -0.4 is 0 Å². The highest BCUT2D eigenvalue weighted by molar-refractivity contribution is 5.64. The molecule has 0 amide bonds. The van der Waals surface area contributed by atoms with Crippen LogP contribution >= 0.6 is 0 Å². The molecule has 0 aliphatic rings. The van der Waals surface area contributed by atoms with Crippen molar-refractivity contribution in [2.75, 3.05) is 0 Å². The van der Waals surface area contributed by atoms with Gasteiger partial charge in [-0.25, -0.2) is 0 Å². The Bertz CT molecular complexity index is 562. The van der Waals surface area contributed by atoms with Crippen molar-refractivity contribution >= 4 is 0 Å². The summed E-state index contributed by atoms with van der Waals surface area (Å²) in [7, 11) is 0. The van der Waals surface area contributed by atoms with Crippen LogP contribution in [0.5, 0.6) is 0 Å². The summed E-state index contributed by atoms with van der Waals surface area (Å²) < 4.78 is 0. The predicted molar refractivity (Wildman–Crippen MR) is 79.7 cm³/mol. The Morgan fingerprint density at radius 1 is 1.00 bits per heavy atom. The van der Waals surface area contributed by atoms with Gasteiger partial charge in [0.1, 0.15) is 0 Å². The fourth-order valence-corrected chi connectivity index (χ4v) is 2.00. The van der Waals surface area contributed by atoms with Crippen molar-refractivity contribution in [1.29, 1.82) is 0 Å². The summed E-state index contributed by atoms with van der Waals surface area (Å²) >= 11 is 0. The lowest BCUT2D eigenvalue weighted by Crippen LogP contribution is -1.84. The Labute approximate surface area is 109 Å². The molecule has 0 heteroatoms. The molecule has 2 rings (SSSR count). The lowest BCUT2D eigenvalue weighted by Gasteiger charge is -2.05. The van der Waals surface area contributed by atoms with Crippen molar-refractivity contribution in [1.82, 2.24) is 0 Å². The van der Waals surface area contributed by atoms with Crippen LogP contribution in [0.2, 0.25) is 0 Å². The molecule has 0 aliphatic carbocycles. The minimum Gasteiger partial charge on any atom is -0.0991 e. The minimum absolute atomic E-state index is 0.950. The second kappa shape index (κ2) is 6.02. The number of rotatable bonds is 4. The largest absolute Gasteiger partial charge is 0.0991 e. The molecule has 0 unspecified atom stereocenters. The molecule has 0 saturated heterocycles. The van der Waals surface area contributed by atoms with Crippen molar-refractivity contribution in [2.45, 2.75) is 13.3 Å². The van der Waals surface area contributed by atoms with Crippen LogP contribution in [0, 0.1) is 6.92 Å². The maximum Gasteiger partial charge on any atom is -0.00941 e. The first-order valence-electron chi connectivity index (χ1n) is 6.23. The molecule has 0 N–H and O–H groups in total. The van der Waals surface area contributed by atoms with Crippen LogP contribution in [0.3, 0.4) is 0 Å². The third-order valence-electron chi connectivity index (χ3n) is 2.90. The van der Waals surface area contributed by atoms with Crippen LogP contribution in [0.15, 0.2) is 73.3 Å². The van der Waals surface area contributed by atoms with Gasteiger partial charge < -0.3 is 0 Å². The highest BCUT2D eigenvalue weighted by Crippen LogP contribution is 2.21. The molecule has 0 atom stereocenters. The molecule has 2 aromatic carbocycles. The van der Waals surface area contributed by atoms with Gasteiger partial charge in [0.05, 0.1) is 0 Å². The van der Waals surface area contributed by atoms with E-state index in [1.54, 1.807) is 0 Å². The van der Waals surface area contributed by atoms with Crippen molar-refractivity contribution in [3.8, 4) is 11.1 Å². The molecular weight excluding hydrogens is 216 g/mol.